The van der Waals surface area contributed by atoms with Crippen LogP contribution in [0.1, 0.15) is 82.1 Å². The summed E-state index contributed by atoms with van der Waals surface area (Å²) < 4.78 is 33.0. The number of anilines is 1. The van der Waals surface area contributed by atoms with Crippen LogP contribution in [0.25, 0.3) is 0 Å². The third-order valence-corrected chi connectivity index (χ3v) is 8.62. The van der Waals surface area contributed by atoms with Crippen molar-refractivity contribution in [2.75, 3.05) is 44.4 Å². The van der Waals surface area contributed by atoms with Gasteiger partial charge in [0, 0.05) is 32.1 Å². The molecule has 1 aromatic heterocycles. The number of esters is 1. The minimum atomic E-state index is -1.12. The molecular formula is C29H50N4O7S. The van der Waals surface area contributed by atoms with E-state index in [0.717, 1.165) is 11.7 Å². The molecular weight excluding hydrogens is 548 g/mol. The van der Waals surface area contributed by atoms with E-state index in [-0.39, 0.29) is 12.1 Å². The highest BCUT2D eigenvalue weighted by Crippen LogP contribution is 2.34. The van der Waals surface area contributed by atoms with Gasteiger partial charge in [-0.2, -0.15) is 4.37 Å². The number of carbonyl (C=O) groups excluding carboxylic acids is 3. The number of hydrogen-bond acceptors (Lipinski definition) is 12. The summed E-state index contributed by atoms with van der Waals surface area (Å²) in [6.45, 7) is 21.6. The summed E-state index contributed by atoms with van der Waals surface area (Å²) in [7, 11) is 0. The molecule has 0 spiro atoms. The quantitative estimate of drug-likeness (QED) is 0.220. The number of nitrogens with one attached hydrogen (secondary N) is 1. The van der Waals surface area contributed by atoms with Crippen LogP contribution < -0.4 is 15.0 Å². The normalized spacial score (nSPS) is 19.4. The van der Waals surface area contributed by atoms with Gasteiger partial charge in [0.05, 0.1) is 42.4 Å². The Morgan fingerprint density at radius 3 is 2.15 bits per heavy atom. The van der Waals surface area contributed by atoms with E-state index in [1.54, 1.807) is 20.8 Å². The molecule has 1 aliphatic rings. The summed E-state index contributed by atoms with van der Waals surface area (Å²) in [6.07, 6.45) is 0.482. The highest BCUT2D eigenvalue weighted by atomic mass is 32.1. The SMILES string of the molecule is CCC(C)(OC(CNC(C)(C)C)COc1nsnc1N1CCOCC1)C(C)C(=O)OC(C)(CC)C(C)C(=O)C(C)=O. The van der Waals surface area contributed by atoms with E-state index in [4.69, 9.17) is 18.9 Å². The van der Waals surface area contributed by atoms with Gasteiger partial charge in [0.25, 0.3) is 5.88 Å². The molecule has 0 saturated carbocycles. The fraction of sp³-hybridized carbons (Fsp3) is 0.828. The summed E-state index contributed by atoms with van der Waals surface area (Å²) in [6, 6.07) is 0. The van der Waals surface area contributed by atoms with Crippen molar-refractivity contribution in [1.29, 1.82) is 0 Å². The molecule has 1 fully saturated rings. The van der Waals surface area contributed by atoms with E-state index < -0.39 is 46.7 Å². The van der Waals surface area contributed by atoms with Gasteiger partial charge < -0.3 is 29.2 Å². The third-order valence-electron chi connectivity index (χ3n) is 8.12. The Morgan fingerprint density at radius 1 is 1.00 bits per heavy atom. The Bertz CT molecular complexity index is 1020. The lowest BCUT2D eigenvalue weighted by Crippen LogP contribution is -2.51. The Kier molecular flexibility index (Phi) is 12.7. The lowest BCUT2D eigenvalue weighted by Gasteiger charge is -2.40. The standard InChI is InChI=1S/C29H50N4O7S/c1-11-28(9,19(3)23(35)21(5)34)40-26(36)20(4)29(10,12-2)39-22(17-30-27(6,7)8)18-38-25-24(31-41-32-25)33-13-15-37-16-14-33/h19-20,22,30H,11-18H2,1-10H3. The van der Waals surface area contributed by atoms with Crippen LogP contribution in [0.15, 0.2) is 0 Å². The minimum Gasteiger partial charge on any atom is -0.472 e. The number of nitrogens with zero attached hydrogens (tertiary/aromatic N) is 3. The second-order valence-electron chi connectivity index (χ2n) is 12.3. The predicted octanol–water partition coefficient (Wildman–Crippen LogP) is 3.84. The summed E-state index contributed by atoms with van der Waals surface area (Å²) in [4.78, 5) is 39.8. The Balaban J connectivity index is 2.20. The molecule has 0 aromatic carbocycles. The molecule has 5 atom stereocenters. The summed E-state index contributed by atoms with van der Waals surface area (Å²) in [5, 5.41) is 3.48. The summed E-state index contributed by atoms with van der Waals surface area (Å²) in [5.41, 5.74) is -2.19. The van der Waals surface area contributed by atoms with Crippen LogP contribution in [0, 0.1) is 11.8 Å². The van der Waals surface area contributed by atoms with E-state index in [0.29, 0.717) is 57.4 Å². The summed E-state index contributed by atoms with van der Waals surface area (Å²) >= 11 is 1.10. The topological polar surface area (TPSA) is 129 Å². The van der Waals surface area contributed by atoms with E-state index >= 15 is 0 Å². The molecule has 12 heteroatoms. The van der Waals surface area contributed by atoms with Crippen LogP contribution in [0.4, 0.5) is 5.82 Å². The molecule has 2 rings (SSSR count). The largest absolute Gasteiger partial charge is 0.472 e. The number of rotatable bonds is 16. The fourth-order valence-corrected chi connectivity index (χ4v) is 4.97. The van der Waals surface area contributed by atoms with Gasteiger partial charge in [-0.3, -0.25) is 14.4 Å². The molecule has 2 heterocycles. The van der Waals surface area contributed by atoms with Crippen LogP contribution in [0.5, 0.6) is 5.88 Å². The van der Waals surface area contributed by atoms with E-state index in [2.05, 4.69) is 39.7 Å². The molecule has 1 saturated heterocycles. The second-order valence-corrected chi connectivity index (χ2v) is 12.8. The number of hydrogen-bond donors (Lipinski definition) is 1. The van der Waals surface area contributed by atoms with Crippen molar-refractivity contribution in [3.05, 3.63) is 0 Å². The molecule has 1 aliphatic heterocycles. The van der Waals surface area contributed by atoms with Crippen molar-refractivity contribution in [2.45, 2.75) is 105 Å². The van der Waals surface area contributed by atoms with Gasteiger partial charge in [0.15, 0.2) is 5.78 Å². The highest BCUT2D eigenvalue weighted by molar-refractivity contribution is 6.99. The maximum absolute atomic E-state index is 13.5. The lowest BCUT2D eigenvalue weighted by molar-refractivity contribution is -0.187. The van der Waals surface area contributed by atoms with Gasteiger partial charge in [-0.05, 0) is 54.4 Å². The van der Waals surface area contributed by atoms with Crippen LogP contribution in [0.2, 0.25) is 0 Å². The molecule has 11 nitrogen and oxygen atoms in total. The molecule has 41 heavy (non-hydrogen) atoms. The van der Waals surface area contributed by atoms with E-state index in [1.807, 2.05) is 20.8 Å². The predicted molar refractivity (Wildman–Crippen MR) is 159 cm³/mol. The zero-order valence-corrected chi connectivity index (χ0v) is 27.3. The van der Waals surface area contributed by atoms with Gasteiger partial charge in [-0.25, -0.2) is 0 Å². The molecule has 0 radical (unpaired) electrons. The summed E-state index contributed by atoms with van der Waals surface area (Å²) in [5.74, 6) is -1.87. The van der Waals surface area contributed by atoms with Gasteiger partial charge >= 0.3 is 5.97 Å². The third kappa shape index (κ3) is 9.69. The highest BCUT2D eigenvalue weighted by Gasteiger charge is 2.44. The van der Waals surface area contributed by atoms with Gasteiger partial charge in [0.1, 0.15) is 18.3 Å². The molecule has 234 valence electrons. The maximum Gasteiger partial charge on any atom is 0.312 e. The van der Waals surface area contributed by atoms with Crippen LogP contribution >= 0.6 is 11.7 Å². The molecule has 0 amide bonds. The van der Waals surface area contributed by atoms with Gasteiger partial charge in [-0.1, -0.05) is 20.8 Å². The average Bonchev–Trinajstić information content (AvgIpc) is 3.41. The first-order valence-electron chi connectivity index (χ1n) is 14.5. The Morgan fingerprint density at radius 2 is 1.61 bits per heavy atom. The maximum atomic E-state index is 13.5. The van der Waals surface area contributed by atoms with Crippen molar-refractivity contribution in [1.82, 2.24) is 14.1 Å². The first-order valence-corrected chi connectivity index (χ1v) is 15.3. The first-order chi connectivity index (χ1) is 19.1. The minimum absolute atomic E-state index is 0.168. The first kappa shape index (κ1) is 35.0. The fourth-order valence-electron chi connectivity index (χ4n) is 4.45. The lowest BCUT2D eigenvalue weighted by atomic mass is 9.82. The van der Waals surface area contributed by atoms with Crippen LogP contribution in [-0.2, 0) is 28.6 Å². The van der Waals surface area contributed by atoms with Crippen molar-refractivity contribution in [2.24, 2.45) is 11.8 Å². The average molecular weight is 599 g/mol. The number of carbonyl (C=O) groups is 3. The number of ketones is 2. The van der Waals surface area contributed by atoms with Crippen molar-refractivity contribution >= 4 is 35.1 Å². The van der Waals surface area contributed by atoms with Crippen molar-refractivity contribution in [3.8, 4) is 5.88 Å². The smallest absolute Gasteiger partial charge is 0.312 e. The molecule has 1 N–H and O–H groups in total. The van der Waals surface area contributed by atoms with Crippen LogP contribution in [0.3, 0.4) is 0 Å². The van der Waals surface area contributed by atoms with Gasteiger partial charge in [-0.15, -0.1) is 4.37 Å². The molecule has 5 unspecified atom stereocenters. The monoisotopic (exact) mass is 598 g/mol. The van der Waals surface area contributed by atoms with Crippen LogP contribution in [-0.4, -0.2) is 88.6 Å². The molecule has 0 bridgehead atoms. The Hall–Kier alpha value is -2.15. The second kappa shape index (κ2) is 14.8. The van der Waals surface area contributed by atoms with E-state index in [1.165, 1.54) is 6.92 Å². The molecule has 1 aromatic rings. The van der Waals surface area contributed by atoms with Crippen molar-refractivity contribution < 1.29 is 33.3 Å². The number of morpholine rings is 1. The number of aromatic nitrogens is 2. The molecule has 0 aliphatic carbocycles. The van der Waals surface area contributed by atoms with Gasteiger partial charge in [0.2, 0.25) is 11.6 Å². The van der Waals surface area contributed by atoms with E-state index in [9.17, 15) is 14.4 Å². The zero-order valence-electron chi connectivity index (χ0n) is 26.5. The number of ether oxygens (including phenoxy) is 4. The van der Waals surface area contributed by atoms with Crippen molar-refractivity contribution in [3.63, 3.8) is 0 Å². The zero-order chi connectivity index (χ0) is 31.0. The number of Topliss-reactive ketones (excluding diaryl/α,β-unsaturated/α-hetero) is 2. The Labute approximate surface area is 249 Å².